The van der Waals surface area contributed by atoms with E-state index in [2.05, 4.69) is 32.0 Å². The van der Waals surface area contributed by atoms with Crippen molar-refractivity contribution in [1.82, 2.24) is 19.6 Å². The molecule has 4 rings (SSSR count). The second kappa shape index (κ2) is 6.15. The van der Waals surface area contributed by atoms with E-state index in [9.17, 15) is 13.2 Å². The van der Waals surface area contributed by atoms with Gasteiger partial charge < -0.3 is 10.1 Å². The van der Waals surface area contributed by atoms with Gasteiger partial charge in [-0.1, -0.05) is 6.92 Å². The highest BCUT2D eigenvalue weighted by Crippen LogP contribution is 2.32. The van der Waals surface area contributed by atoms with Gasteiger partial charge >= 0.3 is 6.36 Å². The summed E-state index contributed by atoms with van der Waals surface area (Å²) < 4.78 is 42.4. The Morgan fingerprint density at radius 3 is 2.73 bits per heavy atom. The van der Waals surface area contributed by atoms with Gasteiger partial charge in [0.1, 0.15) is 17.9 Å². The molecule has 3 aromatic rings. The molecular formula is C17H16F3N5O. The van der Waals surface area contributed by atoms with E-state index in [1.165, 1.54) is 30.6 Å². The van der Waals surface area contributed by atoms with Crippen LogP contribution in [-0.4, -0.2) is 25.9 Å². The van der Waals surface area contributed by atoms with Crippen molar-refractivity contribution in [2.24, 2.45) is 5.92 Å². The lowest BCUT2D eigenvalue weighted by Gasteiger charge is -2.23. The lowest BCUT2D eigenvalue weighted by molar-refractivity contribution is -0.274. The average molecular weight is 363 g/mol. The van der Waals surface area contributed by atoms with E-state index < -0.39 is 6.36 Å². The van der Waals surface area contributed by atoms with E-state index >= 15 is 0 Å². The third-order valence-corrected chi connectivity index (χ3v) is 4.39. The van der Waals surface area contributed by atoms with Crippen LogP contribution < -0.4 is 10.1 Å². The van der Waals surface area contributed by atoms with Crippen molar-refractivity contribution in [3.63, 3.8) is 0 Å². The van der Waals surface area contributed by atoms with Crippen LogP contribution >= 0.6 is 0 Å². The van der Waals surface area contributed by atoms with Crippen LogP contribution in [0.4, 0.5) is 24.7 Å². The van der Waals surface area contributed by atoms with Gasteiger partial charge in [-0.15, -0.1) is 13.2 Å². The minimum absolute atomic E-state index is 0.264. The molecule has 1 aliphatic rings. The van der Waals surface area contributed by atoms with E-state index in [0.717, 1.165) is 36.3 Å². The highest BCUT2D eigenvalue weighted by atomic mass is 19.4. The van der Waals surface area contributed by atoms with Crippen LogP contribution in [-0.2, 0) is 12.8 Å². The number of nitrogens with zero attached hydrogens (tertiary/aromatic N) is 4. The van der Waals surface area contributed by atoms with Gasteiger partial charge in [0.2, 0.25) is 0 Å². The monoisotopic (exact) mass is 363 g/mol. The predicted molar refractivity (Wildman–Crippen MR) is 88.4 cm³/mol. The lowest BCUT2D eigenvalue weighted by atomic mass is 9.88. The summed E-state index contributed by atoms with van der Waals surface area (Å²) in [7, 11) is 0. The van der Waals surface area contributed by atoms with Gasteiger partial charge in [-0.3, -0.25) is 0 Å². The Hall–Kier alpha value is -2.84. The molecule has 1 N–H and O–H groups in total. The molecule has 136 valence electrons. The number of hydrogen-bond acceptors (Lipinski definition) is 5. The normalized spacial score (nSPS) is 17.2. The van der Waals surface area contributed by atoms with Crippen molar-refractivity contribution in [1.29, 1.82) is 0 Å². The molecule has 0 radical (unpaired) electrons. The van der Waals surface area contributed by atoms with E-state index in [1.807, 2.05) is 0 Å². The molecule has 26 heavy (non-hydrogen) atoms. The lowest BCUT2D eigenvalue weighted by Crippen LogP contribution is -2.18. The molecule has 0 bridgehead atoms. The van der Waals surface area contributed by atoms with Crippen LogP contribution in [0.2, 0.25) is 0 Å². The molecule has 2 aromatic heterocycles. The van der Waals surface area contributed by atoms with Crippen molar-refractivity contribution in [2.45, 2.75) is 32.5 Å². The topological polar surface area (TPSA) is 64.3 Å². The molecule has 9 heteroatoms. The highest BCUT2D eigenvalue weighted by molar-refractivity contribution is 5.63. The quantitative estimate of drug-likeness (QED) is 0.765. The largest absolute Gasteiger partial charge is 0.573 e. The zero-order valence-electron chi connectivity index (χ0n) is 13.9. The Balaban J connectivity index is 1.68. The number of alkyl halides is 3. The Morgan fingerprint density at radius 1 is 1.23 bits per heavy atom. The molecule has 0 spiro atoms. The molecule has 2 heterocycles. The van der Waals surface area contributed by atoms with Crippen LogP contribution in [0.5, 0.6) is 5.75 Å². The van der Waals surface area contributed by atoms with Crippen molar-refractivity contribution in [2.75, 3.05) is 5.32 Å². The van der Waals surface area contributed by atoms with Gasteiger partial charge in [0.25, 0.3) is 5.78 Å². The molecule has 0 fully saturated rings. The number of anilines is 2. The summed E-state index contributed by atoms with van der Waals surface area (Å²) in [5.41, 5.74) is 2.68. The molecule has 0 unspecified atom stereocenters. The first-order valence-electron chi connectivity index (χ1n) is 8.23. The summed E-state index contributed by atoms with van der Waals surface area (Å²) in [5.74, 6) is 1.53. The maximum absolute atomic E-state index is 12.3. The summed E-state index contributed by atoms with van der Waals surface area (Å²) in [5, 5.41) is 7.46. The van der Waals surface area contributed by atoms with E-state index in [1.54, 1.807) is 4.52 Å². The highest BCUT2D eigenvalue weighted by Gasteiger charge is 2.31. The maximum atomic E-state index is 12.3. The zero-order chi connectivity index (χ0) is 18.3. The number of rotatable bonds is 3. The van der Waals surface area contributed by atoms with Gasteiger partial charge in [0, 0.05) is 11.3 Å². The van der Waals surface area contributed by atoms with Crippen molar-refractivity contribution < 1.29 is 17.9 Å². The number of halogens is 3. The molecule has 1 aromatic carbocycles. The van der Waals surface area contributed by atoms with Crippen LogP contribution in [0.1, 0.15) is 24.6 Å². The molecule has 0 amide bonds. The third-order valence-electron chi connectivity index (χ3n) is 4.39. The Morgan fingerprint density at radius 2 is 2.00 bits per heavy atom. The molecular weight excluding hydrogens is 347 g/mol. The molecule has 0 aliphatic heterocycles. The third kappa shape index (κ3) is 3.29. The van der Waals surface area contributed by atoms with Crippen LogP contribution in [0.25, 0.3) is 5.78 Å². The van der Waals surface area contributed by atoms with Gasteiger partial charge in [0.05, 0.1) is 5.69 Å². The van der Waals surface area contributed by atoms with E-state index in [4.69, 9.17) is 0 Å². The Labute approximate surface area is 147 Å². The molecule has 6 nitrogen and oxygen atoms in total. The summed E-state index contributed by atoms with van der Waals surface area (Å²) in [4.78, 5) is 8.75. The first-order valence-corrected chi connectivity index (χ1v) is 8.23. The van der Waals surface area contributed by atoms with Gasteiger partial charge in [-0.25, -0.2) is 4.98 Å². The molecule has 0 saturated carbocycles. The fraction of sp³-hybridized carbons (Fsp3) is 0.353. The maximum Gasteiger partial charge on any atom is 0.573 e. The first kappa shape index (κ1) is 16.6. The van der Waals surface area contributed by atoms with Crippen molar-refractivity contribution in [3.05, 3.63) is 41.9 Å². The van der Waals surface area contributed by atoms with E-state index in [-0.39, 0.29) is 5.75 Å². The number of aromatic nitrogens is 4. The standard InChI is InChI=1S/C17H16F3N5O/c1-10-2-7-13-14(8-10)24-16-21-9-22-25(16)15(13)23-11-3-5-12(6-4-11)26-17(18,19)20/h3-6,9-10,23H,2,7-8H2,1H3/t10-/m0/s1. The number of ether oxygens (including phenoxy) is 1. The molecule has 1 atom stereocenters. The fourth-order valence-electron chi connectivity index (χ4n) is 3.18. The first-order chi connectivity index (χ1) is 12.4. The minimum Gasteiger partial charge on any atom is -0.406 e. The molecule has 0 saturated heterocycles. The number of benzene rings is 1. The van der Waals surface area contributed by atoms with Crippen LogP contribution in [0, 0.1) is 5.92 Å². The number of nitrogens with one attached hydrogen (secondary N) is 1. The smallest absolute Gasteiger partial charge is 0.406 e. The number of hydrogen-bond donors (Lipinski definition) is 1. The predicted octanol–water partition coefficient (Wildman–Crippen LogP) is 3.89. The summed E-state index contributed by atoms with van der Waals surface area (Å²) in [6.07, 6.45) is -0.504. The van der Waals surface area contributed by atoms with Crippen LogP contribution in [0.15, 0.2) is 30.6 Å². The SMILES string of the molecule is C[C@H]1CCc2c(nc3ncnn3c2Nc2ccc(OC(F)(F)F)cc2)C1. The second-order valence-electron chi connectivity index (χ2n) is 6.40. The van der Waals surface area contributed by atoms with Gasteiger partial charge in [0.15, 0.2) is 0 Å². The van der Waals surface area contributed by atoms with Gasteiger partial charge in [-0.05, 0) is 49.4 Å². The van der Waals surface area contributed by atoms with Crippen molar-refractivity contribution >= 4 is 17.3 Å². The minimum atomic E-state index is -4.71. The van der Waals surface area contributed by atoms with Crippen LogP contribution in [0.3, 0.4) is 0 Å². The van der Waals surface area contributed by atoms with Crippen molar-refractivity contribution in [3.8, 4) is 5.75 Å². The average Bonchev–Trinajstić information content (AvgIpc) is 3.03. The van der Waals surface area contributed by atoms with Gasteiger partial charge in [-0.2, -0.15) is 14.6 Å². The Bertz CT molecular complexity index is 936. The summed E-state index contributed by atoms with van der Waals surface area (Å²) in [6, 6.07) is 5.60. The fourth-order valence-corrected chi connectivity index (χ4v) is 3.18. The number of fused-ring (bicyclic) bond motifs is 2. The molecule has 1 aliphatic carbocycles. The van der Waals surface area contributed by atoms with E-state index in [0.29, 0.717) is 17.4 Å². The summed E-state index contributed by atoms with van der Waals surface area (Å²) >= 11 is 0. The second-order valence-corrected chi connectivity index (χ2v) is 6.40. The zero-order valence-corrected chi connectivity index (χ0v) is 13.9. The Kier molecular flexibility index (Phi) is 3.93. The summed E-state index contributed by atoms with van der Waals surface area (Å²) in [6.45, 7) is 2.19.